The molecular weight excluding hydrogens is 242 g/mol. The van der Waals surface area contributed by atoms with Crippen molar-refractivity contribution in [3.8, 4) is 0 Å². The zero-order valence-electron chi connectivity index (χ0n) is 9.57. The number of nitrogens with one attached hydrogen (secondary N) is 1. The quantitative estimate of drug-likeness (QED) is 0.894. The number of rotatable bonds is 4. The monoisotopic (exact) mass is 255 g/mol. The number of halogens is 1. The van der Waals surface area contributed by atoms with E-state index < -0.39 is 0 Å². The van der Waals surface area contributed by atoms with E-state index in [0.29, 0.717) is 12.2 Å². The van der Waals surface area contributed by atoms with Crippen molar-refractivity contribution < 1.29 is 9.53 Å². The second kappa shape index (κ2) is 4.98. The Balaban J connectivity index is 1.93. The second-order valence-electron chi connectivity index (χ2n) is 4.19. The minimum atomic E-state index is -0.282. The fourth-order valence-electron chi connectivity index (χ4n) is 1.91. The van der Waals surface area contributed by atoms with Crippen molar-refractivity contribution in [3.63, 3.8) is 0 Å². The van der Waals surface area contributed by atoms with Crippen molar-refractivity contribution >= 4 is 23.3 Å². The summed E-state index contributed by atoms with van der Waals surface area (Å²) in [5.74, 6) is 0.246. The maximum Gasteiger partial charge on any atom is 0.228 e. The van der Waals surface area contributed by atoms with E-state index in [1.54, 1.807) is 7.11 Å². The SMILES string of the molecule is COC1(CC(=O)Nc2cncc(Cl)n2)CCC1. The molecule has 1 saturated carbocycles. The van der Waals surface area contributed by atoms with Gasteiger partial charge in [-0.2, -0.15) is 0 Å². The van der Waals surface area contributed by atoms with Crippen LogP contribution in [0.2, 0.25) is 5.15 Å². The van der Waals surface area contributed by atoms with E-state index >= 15 is 0 Å². The maximum absolute atomic E-state index is 11.8. The van der Waals surface area contributed by atoms with Crippen molar-refractivity contribution in [3.05, 3.63) is 17.5 Å². The predicted molar refractivity (Wildman–Crippen MR) is 63.9 cm³/mol. The molecule has 1 aromatic rings. The van der Waals surface area contributed by atoms with Gasteiger partial charge in [0.25, 0.3) is 0 Å². The van der Waals surface area contributed by atoms with Crippen LogP contribution in [-0.4, -0.2) is 28.6 Å². The predicted octanol–water partition coefficient (Wildman–Crippen LogP) is 2.03. The van der Waals surface area contributed by atoms with Gasteiger partial charge in [-0.1, -0.05) is 11.6 Å². The van der Waals surface area contributed by atoms with Crippen LogP contribution >= 0.6 is 11.6 Å². The highest BCUT2D eigenvalue weighted by Gasteiger charge is 2.39. The highest BCUT2D eigenvalue weighted by Crippen LogP contribution is 2.38. The molecule has 17 heavy (non-hydrogen) atoms. The largest absolute Gasteiger partial charge is 0.378 e. The molecule has 0 saturated heterocycles. The Kier molecular flexibility index (Phi) is 3.59. The average molecular weight is 256 g/mol. The van der Waals surface area contributed by atoms with Gasteiger partial charge in [0, 0.05) is 7.11 Å². The molecule has 1 amide bonds. The normalized spacial score (nSPS) is 17.3. The van der Waals surface area contributed by atoms with Gasteiger partial charge >= 0.3 is 0 Å². The van der Waals surface area contributed by atoms with Crippen molar-refractivity contribution in [2.45, 2.75) is 31.3 Å². The second-order valence-corrected chi connectivity index (χ2v) is 4.58. The van der Waals surface area contributed by atoms with Gasteiger partial charge in [-0.3, -0.25) is 9.78 Å². The summed E-state index contributed by atoms with van der Waals surface area (Å²) < 4.78 is 5.38. The molecule has 92 valence electrons. The van der Waals surface area contributed by atoms with E-state index in [9.17, 15) is 4.79 Å². The molecule has 0 aromatic carbocycles. The number of amides is 1. The Labute approximate surface area is 105 Å². The number of anilines is 1. The Morgan fingerprint density at radius 3 is 2.88 bits per heavy atom. The molecule has 2 rings (SSSR count). The highest BCUT2D eigenvalue weighted by atomic mass is 35.5. The van der Waals surface area contributed by atoms with Gasteiger partial charge in [0.1, 0.15) is 5.15 Å². The molecule has 0 spiro atoms. The van der Waals surface area contributed by atoms with Crippen LogP contribution in [0.15, 0.2) is 12.4 Å². The summed E-state index contributed by atoms with van der Waals surface area (Å²) in [5, 5.41) is 2.92. The van der Waals surface area contributed by atoms with E-state index in [4.69, 9.17) is 16.3 Å². The lowest BCUT2D eigenvalue weighted by Crippen LogP contribution is -2.42. The summed E-state index contributed by atoms with van der Waals surface area (Å²) in [5.41, 5.74) is -0.282. The van der Waals surface area contributed by atoms with Crippen LogP contribution in [0.1, 0.15) is 25.7 Å². The minimum absolute atomic E-state index is 0.122. The summed E-state index contributed by atoms with van der Waals surface area (Å²) in [4.78, 5) is 19.6. The van der Waals surface area contributed by atoms with Gasteiger partial charge in [0.05, 0.1) is 24.4 Å². The first-order valence-corrected chi connectivity index (χ1v) is 5.84. The Morgan fingerprint density at radius 2 is 2.35 bits per heavy atom. The summed E-state index contributed by atoms with van der Waals surface area (Å²) in [6.45, 7) is 0. The number of methoxy groups -OCH3 is 1. The number of nitrogens with zero attached hydrogens (tertiary/aromatic N) is 2. The van der Waals surface area contributed by atoms with Crippen molar-refractivity contribution in [1.82, 2.24) is 9.97 Å². The fraction of sp³-hybridized carbons (Fsp3) is 0.545. The maximum atomic E-state index is 11.8. The van der Waals surface area contributed by atoms with E-state index in [2.05, 4.69) is 15.3 Å². The molecule has 0 radical (unpaired) electrons. The minimum Gasteiger partial charge on any atom is -0.378 e. The van der Waals surface area contributed by atoms with Crippen molar-refractivity contribution in [1.29, 1.82) is 0 Å². The topological polar surface area (TPSA) is 64.1 Å². The molecule has 6 heteroatoms. The highest BCUT2D eigenvalue weighted by molar-refractivity contribution is 6.29. The number of ether oxygens (including phenoxy) is 1. The standard InChI is InChI=1S/C11H14ClN3O2/c1-17-11(3-2-4-11)5-10(16)15-9-7-13-6-8(12)14-9/h6-7H,2-5H2,1H3,(H,14,15,16). The van der Waals surface area contributed by atoms with Gasteiger partial charge < -0.3 is 10.1 Å². The molecule has 0 aliphatic heterocycles. The van der Waals surface area contributed by atoms with Crippen molar-refractivity contribution in [2.75, 3.05) is 12.4 Å². The molecule has 5 nitrogen and oxygen atoms in total. The van der Waals surface area contributed by atoms with Crippen LogP contribution < -0.4 is 5.32 Å². The molecule has 1 aliphatic rings. The average Bonchev–Trinajstić information content (AvgIpc) is 2.23. The summed E-state index contributed by atoms with van der Waals surface area (Å²) >= 11 is 5.68. The van der Waals surface area contributed by atoms with E-state index in [1.165, 1.54) is 12.4 Å². The third-order valence-electron chi connectivity index (χ3n) is 3.05. The lowest BCUT2D eigenvalue weighted by molar-refractivity contribution is -0.129. The van der Waals surface area contributed by atoms with Gasteiger partial charge in [-0.15, -0.1) is 0 Å². The van der Waals surface area contributed by atoms with Gasteiger partial charge in [-0.25, -0.2) is 4.98 Å². The number of hydrogen-bond donors (Lipinski definition) is 1. The van der Waals surface area contributed by atoms with E-state index in [1.807, 2.05) is 0 Å². The third-order valence-corrected chi connectivity index (χ3v) is 3.24. The molecule has 0 bridgehead atoms. The van der Waals surface area contributed by atoms with Crippen LogP contribution in [0.25, 0.3) is 0 Å². The Morgan fingerprint density at radius 1 is 1.59 bits per heavy atom. The van der Waals surface area contributed by atoms with Crippen molar-refractivity contribution in [2.24, 2.45) is 0 Å². The first-order valence-electron chi connectivity index (χ1n) is 5.46. The summed E-state index contributed by atoms with van der Waals surface area (Å²) in [6.07, 6.45) is 6.19. The lowest BCUT2D eigenvalue weighted by Gasteiger charge is -2.39. The summed E-state index contributed by atoms with van der Waals surface area (Å²) in [6, 6.07) is 0. The number of carbonyl (C=O) groups excluding carboxylic acids is 1. The van der Waals surface area contributed by atoms with Crippen LogP contribution in [0.5, 0.6) is 0 Å². The van der Waals surface area contributed by atoms with Gasteiger partial charge in [0.2, 0.25) is 5.91 Å². The zero-order valence-corrected chi connectivity index (χ0v) is 10.3. The molecule has 1 aromatic heterocycles. The fourth-order valence-corrected chi connectivity index (χ4v) is 2.05. The lowest BCUT2D eigenvalue weighted by atomic mass is 9.77. The smallest absolute Gasteiger partial charge is 0.228 e. The first kappa shape index (κ1) is 12.3. The molecule has 1 N–H and O–H groups in total. The molecular formula is C11H14ClN3O2. The molecule has 1 heterocycles. The van der Waals surface area contributed by atoms with E-state index in [0.717, 1.165) is 19.3 Å². The Hall–Kier alpha value is -1.20. The van der Waals surface area contributed by atoms with Crippen LogP contribution in [0.4, 0.5) is 5.82 Å². The van der Waals surface area contributed by atoms with Crippen LogP contribution in [-0.2, 0) is 9.53 Å². The van der Waals surface area contributed by atoms with Crippen LogP contribution in [0.3, 0.4) is 0 Å². The molecule has 0 atom stereocenters. The molecule has 1 fully saturated rings. The van der Waals surface area contributed by atoms with Gasteiger partial charge in [0.15, 0.2) is 5.82 Å². The molecule has 0 unspecified atom stereocenters. The number of hydrogen-bond acceptors (Lipinski definition) is 4. The number of carbonyl (C=O) groups is 1. The number of aromatic nitrogens is 2. The van der Waals surface area contributed by atoms with Crippen LogP contribution in [0, 0.1) is 0 Å². The van der Waals surface area contributed by atoms with E-state index in [-0.39, 0.29) is 16.7 Å². The summed E-state index contributed by atoms with van der Waals surface area (Å²) in [7, 11) is 1.64. The zero-order chi connectivity index (χ0) is 12.3. The Bertz CT molecular complexity index is 415. The van der Waals surface area contributed by atoms with Gasteiger partial charge in [-0.05, 0) is 19.3 Å². The molecule has 1 aliphatic carbocycles. The first-order chi connectivity index (χ1) is 8.13. The third kappa shape index (κ3) is 2.92.